The lowest BCUT2D eigenvalue weighted by Crippen LogP contribution is -1.93. The third-order valence-corrected chi connectivity index (χ3v) is 4.30. The van der Waals surface area contributed by atoms with E-state index in [1.165, 1.54) is 0 Å². The molecule has 0 spiro atoms. The topological polar surface area (TPSA) is 27.7 Å². The highest BCUT2D eigenvalue weighted by Crippen LogP contribution is 2.41. The Morgan fingerprint density at radius 3 is 2.61 bits per heavy atom. The predicted octanol–water partition coefficient (Wildman–Crippen LogP) is 4.35. The first kappa shape index (κ1) is 12.2. The second kappa shape index (κ2) is 5.40. The van der Waals surface area contributed by atoms with Crippen LogP contribution in [0, 0.1) is 0 Å². The second-order valence-electron chi connectivity index (χ2n) is 3.78. The fourth-order valence-corrected chi connectivity index (χ4v) is 3.26. The SMILES string of the molecule is Brc1sc(C2OCCO2)cc1Oc1ccccc1. The Hall–Kier alpha value is -0.880. The molecule has 3 nitrogen and oxygen atoms in total. The summed E-state index contributed by atoms with van der Waals surface area (Å²) in [4.78, 5) is 1.02. The average molecular weight is 327 g/mol. The molecule has 0 saturated carbocycles. The second-order valence-corrected chi connectivity index (χ2v) is 6.18. The number of hydrogen-bond donors (Lipinski definition) is 0. The fourth-order valence-electron chi connectivity index (χ4n) is 1.69. The van der Waals surface area contributed by atoms with Crippen LogP contribution in [0.1, 0.15) is 11.2 Å². The van der Waals surface area contributed by atoms with Gasteiger partial charge in [0.05, 0.1) is 18.1 Å². The van der Waals surface area contributed by atoms with Crippen LogP contribution in [0.5, 0.6) is 11.5 Å². The summed E-state index contributed by atoms with van der Waals surface area (Å²) in [5.41, 5.74) is 0. The minimum Gasteiger partial charge on any atom is -0.455 e. The van der Waals surface area contributed by atoms with E-state index in [4.69, 9.17) is 14.2 Å². The molecule has 1 fully saturated rings. The quantitative estimate of drug-likeness (QED) is 0.839. The van der Waals surface area contributed by atoms with Crippen molar-refractivity contribution < 1.29 is 14.2 Å². The molecular weight excluding hydrogens is 316 g/mol. The van der Waals surface area contributed by atoms with Crippen molar-refractivity contribution in [2.24, 2.45) is 0 Å². The number of rotatable bonds is 3. The first-order valence-electron chi connectivity index (χ1n) is 5.58. The van der Waals surface area contributed by atoms with E-state index in [-0.39, 0.29) is 6.29 Å². The van der Waals surface area contributed by atoms with Crippen LogP contribution in [0.3, 0.4) is 0 Å². The van der Waals surface area contributed by atoms with Gasteiger partial charge in [0.1, 0.15) is 9.54 Å². The third kappa shape index (κ3) is 2.59. The molecule has 1 aliphatic heterocycles. The number of hydrogen-bond acceptors (Lipinski definition) is 4. The largest absolute Gasteiger partial charge is 0.455 e. The Balaban J connectivity index is 1.80. The average Bonchev–Trinajstić information content (AvgIpc) is 3.01. The zero-order valence-electron chi connectivity index (χ0n) is 9.47. The zero-order chi connectivity index (χ0) is 12.4. The van der Waals surface area contributed by atoms with Gasteiger partial charge in [-0.1, -0.05) is 18.2 Å². The molecule has 94 valence electrons. The van der Waals surface area contributed by atoms with Gasteiger partial charge in [0.2, 0.25) is 0 Å². The van der Waals surface area contributed by atoms with Crippen molar-refractivity contribution in [3.8, 4) is 11.5 Å². The highest BCUT2D eigenvalue weighted by atomic mass is 79.9. The lowest BCUT2D eigenvalue weighted by atomic mass is 10.3. The molecule has 0 N–H and O–H groups in total. The third-order valence-electron chi connectivity index (χ3n) is 2.50. The molecule has 2 heterocycles. The number of para-hydroxylation sites is 1. The van der Waals surface area contributed by atoms with Gasteiger partial charge in [-0.3, -0.25) is 0 Å². The van der Waals surface area contributed by atoms with E-state index in [1.54, 1.807) is 11.3 Å². The molecule has 1 saturated heterocycles. The Bertz CT molecular complexity index is 520. The fraction of sp³-hybridized carbons (Fsp3) is 0.231. The van der Waals surface area contributed by atoms with Crippen LogP contribution >= 0.6 is 27.3 Å². The summed E-state index contributed by atoms with van der Waals surface area (Å²) in [6.07, 6.45) is -0.251. The molecule has 18 heavy (non-hydrogen) atoms. The molecule has 2 aromatic rings. The van der Waals surface area contributed by atoms with Gasteiger partial charge in [-0.05, 0) is 28.1 Å². The smallest absolute Gasteiger partial charge is 0.193 e. The van der Waals surface area contributed by atoms with Gasteiger partial charge in [0.15, 0.2) is 12.0 Å². The lowest BCUT2D eigenvalue weighted by Gasteiger charge is -2.05. The van der Waals surface area contributed by atoms with Gasteiger partial charge in [0, 0.05) is 6.07 Å². The van der Waals surface area contributed by atoms with Gasteiger partial charge < -0.3 is 14.2 Å². The van der Waals surface area contributed by atoms with Gasteiger partial charge >= 0.3 is 0 Å². The van der Waals surface area contributed by atoms with Crippen molar-refractivity contribution in [1.82, 2.24) is 0 Å². The molecule has 1 aromatic carbocycles. The summed E-state index contributed by atoms with van der Waals surface area (Å²) in [6.45, 7) is 1.30. The van der Waals surface area contributed by atoms with E-state index >= 15 is 0 Å². The van der Waals surface area contributed by atoms with E-state index in [2.05, 4.69) is 15.9 Å². The molecule has 0 amide bonds. The number of ether oxygens (including phenoxy) is 3. The zero-order valence-corrected chi connectivity index (χ0v) is 11.9. The summed E-state index contributed by atoms with van der Waals surface area (Å²) >= 11 is 5.08. The predicted molar refractivity (Wildman–Crippen MR) is 73.2 cm³/mol. The molecule has 5 heteroatoms. The molecule has 0 unspecified atom stereocenters. The van der Waals surface area contributed by atoms with E-state index in [1.807, 2.05) is 36.4 Å². The van der Waals surface area contributed by atoms with Crippen molar-refractivity contribution in [1.29, 1.82) is 0 Å². The molecule has 0 atom stereocenters. The highest BCUT2D eigenvalue weighted by Gasteiger charge is 2.22. The highest BCUT2D eigenvalue weighted by molar-refractivity contribution is 9.11. The van der Waals surface area contributed by atoms with Crippen LogP contribution in [-0.2, 0) is 9.47 Å². The molecule has 0 bridgehead atoms. The molecule has 0 aliphatic carbocycles. The monoisotopic (exact) mass is 326 g/mol. The Labute approximate surface area is 117 Å². The lowest BCUT2D eigenvalue weighted by molar-refractivity contribution is -0.0413. The van der Waals surface area contributed by atoms with Crippen molar-refractivity contribution >= 4 is 27.3 Å². The maximum atomic E-state index is 5.80. The van der Waals surface area contributed by atoms with E-state index in [9.17, 15) is 0 Å². The minimum atomic E-state index is -0.251. The molecule has 0 radical (unpaired) electrons. The number of halogens is 1. The van der Waals surface area contributed by atoms with Gasteiger partial charge in [0.25, 0.3) is 0 Å². The van der Waals surface area contributed by atoms with Gasteiger partial charge in [-0.15, -0.1) is 11.3 Å². The first-order chi connectivity index (χ1) is 8.83. The normalized spacial score (nSPS) is 16.1. The van der Waals surface area contributed by atoms with Crippen LogP contribution in [0.25, 0.3) is 0 Å². The summed E-state index contributed by atoms with van der Waals surface area (Å²) in [6, 6.07) is 11.6. The van der Waals surface area contributed by atoms with Crippen LogP contribution < -0.4 is 4.74 Å². The van der Waals surface area contributed by atoms with Crippen molar-refractivity contribution in [2.45, 2.75) is 6.29 Å². The Morgan fingerprint density at radius 2 is 1.89 bits per heavy atom. The van der Waals surface area contributed by atoms with Gasteiger partial charge in [-0.25, -0.2) is 0 Å². The Kier molecular flexibility index (Phi) is 3.65. The maximum Gasteiger partial charge on any atom is 0.193 e. The maximum absolute atomic E-state index is 5.80. The van der Waals surface area contributed by atoms with Crippen molar-refractivity contribution in [3.63, 3.8) is 0 Å². The van der Waals surface area contributed by atoms with Crippen molar-refractivity contribution in [3.05, 3.63) is 45.1 Å². The summed E-state index contributed by atoms with van der Waals surface area (Å²) in [5, 5.41) is 0. The van der Waals surface area contributed by atoms with Crippen LogP contribution in [-0.4, -0.2) is 13.2 Å². The van der Waals surface area contributed by atoms with E-state index in [0.717, 1.165) is 20.2 Å². The summed E-state index contributed by atoms with van der Waals surface area (Å²) in [7, 11) is 0. The molecule has 1 aliphatic rings. The van der Waals surface area contributed by atoms with E-state index < -0.39 is 0 Å². The van der Waals surface area contributed by atoms with E-state index in [0.29, 0.717) is 13.2 Å². The van der Waals surface area contributed by atoms with Crippen LogP contribution in [0.2, 0.25) is 0 Å². The molecular formula is C13H11BrO3S. The van der Waals surface area contributed by atoms with Crippen LogP contribution in [0.15, 0.2) is 40.2 Å². The molecule has 1 aromatic heterocycles. The summed E-state index contributed by atoms with van der Waals surface area (Å²) < 4.78 is 17.7. The number of thiophene rings is 1. The standard InChI is InChI=1S/C13H11BrO3S/c14-12-10(17-9-4-2-1-3-5-9)8-11(18-12)13-15-6-7-16-13/h1-5,8,13H,6-7H2. The minimum absolute atomic E-state index is 0.251. The van der Waals surface area contributed by atoms with Crippen molar-refractivity contribution in [2.75, 3.05) is 13.2 Å². The Morgan fingerprint density at radius 1 is 1.17 bits per heavy atom. The van der Waals surface area contributed by atoms with Crippen LogP contribution in [0.4, 0.5) is 0 Å². The summed E-state index contributed by atoms with van der Waals surface area (Å²) in [5.74, 6) is 1.61. The number of benzene rings is 1. The first-order valence-corrected chi connectivity index (χ1v) is 7.19. The molecule has 3 rings (SSSR count). The van der Waals surface area contributed by atoms with Gasteiger partial charge in [-0.2, -0.15) is 0 Å².